The van der Waals surface area contributed by atoms with Gasteiger partial charge in [-0.25, -0.2) is 0 Å². The van der Waals surface area contributed by atoms with E-state index in [-0.39, 0.29) is 17.4 Å². The molecule has 3 N–H and O–H groups in total. The molecule has 1 fully saturated rings. The summed E-state index contributed by atoms with van der Waals surface area (Å²) >= 11 is 0. The number of carbonyl (C=O) groups is 1. The fourth-order valence-electron chi connectivity index (χ4n) is 3.38. The zero-order chi connectivity index (χ0) is 21.1. The van der Waals surface area contributed by atoms with Gasteiger partial charge in [-0.15, -0.1) is 0 Å². The van der Waals surface area contributed by atoms with E-state index >= 15 is 0 Å². The van der Waals surface area contributed by atoms with Gasteiger partial charge < -0.3 is 25.1 Å². The Bertz CT molecular complexity index is 1120. The Kier molecular flexibility index (Phi) is 5.54. The van der Waals surface area contributed by atoms with Crippen LogP contribution in [-0.2, 0) is 16.6 Å². The highest BCUT2D eigenvalue weighted by molar-refractivity contribution is 5.98. The van der Waals surface area contributed by atoms with Crippen LogP contribution in [-0.4, -0.2) is 23.7 Å². The minimum atomic E-state index is -0.189. The standard InChI is InChI=1S/C23H23N3O4/c1-26-13-15(7-10-20(26)27)18-8-9-19(25-23(28)16-11-12-29-14-16)21(24)22(18)30-17-5-3-2-4-6-17/h2-10,13,16H,11-12,14,24H2,1H3,(H,25,28). The molecular formula is C23H23N3O4. The van der Waals surface area contributed by atoms with Crippen LogP contribution in [0.5, 0.6) is 11.5 Å². The maximum absolute atomic E-state index is 12.5. The summed E-state index contributed by atoms with van der Waals surface area (Å²) in [5.74, 6) is 0.717. The third-order valence-corrected chi connectivity index (χ3v) is 5.11. The van der Waals surface area contributed by atoms with E-state index in [2.05, 4.69) is 5.32 Å². The van der Waals surface area contributed by atoms with Crippen molar-refractivity contribution in [1.29, 1.82) is 0 Å². The predicted molar refractivity (Wildman–Crippen MR) is 116 cm³/mol. The first kappa shape index (κ1) is 19.7. The number of ether oxygens (including phenoxy) is 2. The fraction of sp³-hybridized carbons (Fsp3) is 0.217. The molecule has 7 nitrogen and oxygen atoms in total. The number of hydrogen-bond donors (Lipinski definition) is 2. The van der Waals surface area contributed by atoms with Crippen LogP contribution >= 0.6 is 0 Å². The van der Waals surface area contributed by atoms with Crippen LogP contribution in [0.1, 0.15) is 6.42 Å². The summed E-state index contributed by atoms with van der Waals surface area (Å²) in [7, 11) is 1.69. The third kappa shape index (κ3) is 4.06. The van der Waals surface area contributed by atoms with E-state index in [4.69, 9.17) is 15.2 Å². The average Bonchev–Trinajstić information content (AvgIpc) is 3.29. The molecule has 1 saturated heterocycles. The summed E-state index contributed by atoms with van der Waals surface area (Å²) in [4.78, 5) is 24.3. The number of nitrogens with one attached hydrogen (secondary N) is 1. The Morgan fingerprint density at radius 3 is 2.67 bits per heavy atom. The lowest BCUT2D eigenvalue weighted by molar-refractivity contribution is -0.119. The first-order valence-corrected chi connectivity index (χ1v) is 9.74. The maximum Gasteiger partial charge on any atom is 0.250 e. The SMILES string of the molecule is Cn1cc(-c2ccc(NC(=O)C3CCOC3)c(N)c2Oc2ccccc2)ccc1=O. The van der Waals surface area contributed by atoms with Gasteiger partial charge in [0, 0.05) is 37.0 Å². The number of carbonyl (C=O) groups excluding carboxylic acids is 1. The van der Waals surface area contributed by atoms with E-state index in [0.29, 0.717) is 48.1 Å². The molecule has 1 aliphatic heterocycles. The van der Waals surface area contributed by atoms with Gasteiger partial charge in [0.05, 0.1) is 23.9 Å². The van der Waals surface area contributed by atoms with Crippen LogP contribution in [0, 0.1) is 5.92 Å². The number of benzene rings is 2. The third-order valence-electron chi connectivity index (χ3n) is 5.11. The van der Waals surface area contributed by atoms with Gasteiger partial charge in [-0.3, -0.25) is 9.59 Å². The minimum absolute atomic E-state index is 0.111. The van der Waals surface area contributed by atoms with Crippen LogP contribution in [0.4, 0.5) is 11.4 Å². The Balaban J connectivity index is 1.75. The van der Waals surface area contributed by atoms with Gasteiger partial charge in [0.15, 0.2) is 5.75 Å². The average molecular weight is 405 g/mol. The normalized spacial score (nSPS) is 15.7. The van der Waals surface area contributed by atoms with Crippen molar-refractivity contribution >= 4 is 17.3 Å². The lowest BCUT2D eigenvalue weighted by Gasteiger charge is -2.18. The Labute approximate surface area is 174 Å². The van der Waals surface area contributed by atoms with Crippen LogP contribution in [0.2, 0.25) is 0 Å². The quantitative estimate of drug-likeness (QED) is 0.635. The second-order valence-electron chi connectivity index (χ2n) is 7.24. The van der Waals surface area contributed by atoms with Crippen molar-refractivity contribution in [2.24, 2.45) is 13.0 Å². The summed E-state index contributed by atoms with van der Waals surface area (Å²) in [6, 6.07) is 16.1. The summed E-state index contributed by atoms with van der Waals surface area (Å²) in [5, 5.41) is 2.90. The van der Waals surface area contributed by atoms with Crippen LogP contribution in [0.15, 0.2) is 65.6 Å². The number of pyridine rings is 1. The van der Waals surface area contributed by atoms with Crippen molar-refractivity contribution in [3.63, 3.8) is 0 Å². The van der Waals surface area contributed by atoms with E-state index < -0.39 is 0 Å². The summed E-state index contributed by atoms with van der Waals surface area (Å²) in [6.07, 6.45) is 2.41. The molecular weight excluding hydrogens is 382 g/mol. The molecule has 4 rings (SSSR count). The highest BCUT2D eigenvalue weighted by Crippen LogP contribution is 2.42. The maximum atomic E-state index is 12.5. The van der Waals surface area contributed by atoms with Crippen LogP contribution in [0.3, 0.4) is 0 Å². The number of rotatable bonds is 5. The van der Waals surface area contributed by atoms with Gasteiger partial charge in [0.1, 0.15) is 5.75 Å². The van der Waals surface area contributed by atoms with Crippen LogP contribution < -0.4 is 21.3 Å². The number of hydrogen-bond acceptors (Lipinski definition) is 5. The minimum Gasteiger partial charge on any atom is -0.454 e. The number of amides is 1. The van der Waals surface area contributed by atoms with E-state index in [1.807, 2.05) is 36.4 Å². The van der Waals surface area contributed by atoms with Crippen molar-refractivity contribution in [1.82, 2.24) is 4.57 Å². The molecule has 1 unspecified atom stereocenters. The lowest BCUT2D eigenvalue weighted by Crippen LogP contribution is -2.23. The van der Waals surface area contributed by atoms with E-state index in [9.17, 15) is 9.59 Å². The van der Waals surface area contributed by atoms with Crippen molar-refractivity contribution in [3.8, 4) is 22.6 Å². The van der Waals surface area contributed by atoms with Gasteiger partial charge >= 0.3 is 0 Å². The molecule has 1 atom stereocenters. The molecule has 0 spiro atoms. The molecule has 0 aliphatic carbocycles. The Morgan fingerprint density at radius 2 is 1.97 bits per heavy atom. The molecule has 1 aliphatic rings. The molecule has 3 aromatic rings. The van der Waals surface area contributed by atoms with Gasteiger partial charge in [0.2, 0.25) is 11.5 Å². The Morgan fingerprint density at radius 1 is 1.17 bits per heavy atom. The summed E-state index contributed by atoms with van der Waals surface area (Å²) in [6.45, 7) is 0.997. The van der Waals surface area contributed by atoms with Crippen molar-refractivity contribution in [2.45, 2.75) is 6.42 Å². The van der Waals surface area contributed by atoms with Gasteiger partial charge in [-0.1, -0.05) is 18.2 Å². The second-order valence-corrected chi connectivity index (χ2v) is 7.24. The van der Waals surface area contributed by atoms with Gasteiger partial charge in [-0.05, 0) is 36.8 Å². The van der Waals surface area contributed by atoms with Crippen molar-refractivity contribution in [2.75, 3.05) is 24.3 Å². The smallest absolute Gasteiger partial charge is 0.250 e. The topological polar surface area (TPSA) is 95.6 Å². The number of aryl methyl sites for hydroxylation is 1. The highest BCUT2D eigenvalue weighted by Gasteiger charge is 2.25. The highest BCUT2D eigenvalue weighted by atomic mass is 16.5. The molecule has 1 amide bonds. The largest absolute Gasteiger partial charge is 0.454 e. The summed E-state index contributed by atoms with van der Waals surface area (Å²) < 4.78 is 12.9. The first-order chi connectivity index (χ1) is 14.5. The molecule has 30 heavy (non-hydrogen) atoms. The number of anilines is 2. The first-order valence-electron chi connectivity index (χ1n) is 9.74. The van der Waals surface area contributed by atoms with Crippen molar-refractivity contribution in [3.05, 3.63) is 71.1 Å². The van der Waals surface area contributed by atoms with E-state index in [1.54, 1.807) is 25.4 Å². The zero-order valence-electron chi connectivity index (χ0n) is 16.6. The monoisotopic (exact) mass is 405 g/mol. The lowest BCUT2D eigenvalue weighted by atomic mass is 10.0. The number of nitrogens with zero attached hydrogens (tertiary/aromatic N) is 1. The molecule has 2 aromatic carbocycles. The molecule has 154 valence electrons. The number of para-hydroxylation sites is 1. The van der Waals surface area contributed by atoms with Crippen LogP contribution in [0.25, 0.3) is 11.1 Å². The molecule has 2 heterocycles. The molecule has 0 radical (unpaired) electrons. The molecule has 0 bridgehead atoms. The van der Waals surface area contributed by atoms with Crippen molar-refractivity contribution < 1.29 is 14.3 Å². The number of nitrogens with two attached hydrogens (primary N) is 1. The summed E-state index contributed by atoms with van der Waals surface area (Å²) in [5.41, 5.74) is 8.62. The number of nitrogen functional groups attached to an aromatic ring is 1. The Hall–Kier alpha value is -3.58. The van der Waals surface area contributed by atoms with Gasteiger partial charge in [-0.2, -0.15) is 0 Å². The molecule has 1 aromatic heterocycles. The van der Waals surface area contributed by atoms with E-state index in [0.717, 1.165) is 5.56 Å². The number of aromatic nitrogens is 1. The molecule has 7 heteroatoms. The molecule has 0 saturated carbocycles. The second kappa shape index (κ2) is 8.42. The zero-order valence-corrected chi connectivity index (χ0v) is 16.6. The predicted octanol–water partition coefficient (Wildman–Crippen LogP) is 3.40. The van der Waals surface area contributed by atoms with Gasteiger partial charge in [0.25, 0.3) is 0 Å². The van der Waals surface area contributed by atoms with E-state index in [1.165, 1.54) is 10.6 Å². The fourth-order valence-corrected chi connectivity index (χ4v) is 3.38.